The summed E-state index contributed by atoms with van der Waals surface area (Å²) in [4.78, 5) is 0. The third-order valence-corrected chi connectivity index (χ3v) is 4.22. The van der Waals surface area contributed by atoms with Crippen LogP contribution < -0.4 is 10.1 Å². The average Bonchev–Trinajstić information content (AvgIpc) is 2.73. The number of hydrogen-bond donors (Lipinski definition) is 1. The van der Waals surface area contributed by atoms with Gasteiger partial charge in [0.15, 0.2) is 0 Å². The highest BCUT2D eigenvalue weighted by molar-refractivity contribution is 6.39. The minimum absolute atomic E-state index is 0.138. The molecule has 1 aliphatic rings. The summed E-state index contributed by atoms with van der Waals surface area (Å²) < 4.78 is 6.07. The van der Waals surface area contributed by atoms with E-state index in [1.165, 1.54) is 5.56 Å². The molecule has 0 spiro atoms. The maximum absolute atomic E-state index is 6.18. The fraction of sp³-hybridized carbons (Fsp3) is 0.294. The van der Waals surface area contributed by atoms with E-state index in [1.807, 2.05) is 18.2 Å². The molecule has 4 heteroatoms. The summed E-state index contributed by atoms with van der Waals surface area (Å²) in [6.07, 6.45) is 0.934. The average molecular weight is 322 g/mol. The van der Waals surface area contributed by atoms with E-state index in [2.05, 4.69) is 37.4 Å². The summed E-state index contributed by atoms with van der Waals surface area (Å²) in [5.41, 5.74) is 3.00. The van der Waals surface area contributed by atoms with E-state index in [-0.39, 0.29) is 5.60 Å². The standard InChI is InChI=1S/C17H17Cl2NO/c1-17(2)9-11-5-3-6-12(16(11)21-17)10-20-15-13(18)7-4-8-14(15)19/h3-8,20H,9-10H2,1-2H3. The van der Waals surface area contributed by atoms with Gasteiger partial charge in [0, 0.05) is 18.5 Å². The Morgan fingerprint density at radius 2 is 1.76 bits per heavy atom. The van der Waals surface area contributed by atoms with Gasteiger partial charge in [-0.05, 0) is 31.5 Å². The first-order valence-electron chi connectivity index (χ1n) is 6.94. The molecule has 0 bridgehead atoms. The first-order valence-corrected chi connectivity index (χ1v) is 7.69. The van der Waals surface area contributed by atoms with Gasteiger partial charge in [0.25, 0.3) is 0 Å². The third kappa shape index (κ3) is 2.97. The molecule has 1 heterocycles. The van der Waals surface area contributed by atoms with Gasteiger partial charge in [0.05, 0.1) is 15.7 Å². The fourth-order valence-electron chi connectivity index (χ4n) is 2.67. The molecule has 2 nitrogen and oxygen atoms in total. The van der Waals surface area contributed by atoms with E-state index in [0.717, 1.165) is 23.4 Å². The van der Waals surface area contributed by atoms with Crippen LogP contribution in [-0.4, -0.2) is 5.60 Å². The molecule has 3 rings (SSSR count). The maximum Gasteiger partial charge on any atom is 0.128 e. The van der Waals surface area contributed by atoms with E-state index in [1.54, 1.807) is 0 Å². The number of halogens is 2. The van der Waals surface area contributed by atoms with Crippen LogP contribution in [0.2, 0.25) is 10.0 Å². The zero-order chi connectivity index (χ0) is 15.0. The zero-order valence-corrected chi connectivity index (χ0v) is 13.6. The highest BCUT2D eigenvalue weighted by Gasteiger charge is 2.31. The first kappa shape index (κ1) is 14.6. The van der Waals surface area contributed by atoms with Crippen LogP contribution in [0.3, 0.4) is 0 Å². The number of fused-ring (bicyclic) bond motifs is 1. The van der Waals surface area contributed by atoms with E-state index in [0.29, 0.717) is 16.6 Å². The summed E-state index contributed by atoms with van der Waals surface area (Å²) >= 11 is 12.4. The van der Waals surface area contributed by atoms with E-state index in [9.17, 15) is 0 Å². The quantitative estimate of drug-likeness (QED) is 0.826. The van der Waals surface area contributed by atoms with Crippen molar-refractivity contribution < 1.29 is 4.74 Å². The lowest BCUT2D eigenvalue weighted by molar-refractivity contribution is 0.137. The van der Waals surface area contributed by atoms with Gasteiger partial charge >= 0.3 is 0 Å². The Kier molecular flexibility index (Phi) is 3.76. The number of ether oxygens (including phenoxy) is 1. The minimum atomic E-state index is -0.138. The highest BCUT2D eigenvalue weighted by Crippen LogP contribution is 2.38. The molecule has 2 aromatic carbocycles. The van der Waals surface area contributed by atoms with E-state index >= 15 is 0 Å². The van der Waals surface area contributed by atoms with Crippen molar-refractivity contribution in [1.82, 2.24) is 0 Å². The van der Waals surface area contributed by atoms with Gasteiger partial charge < -0.3 is 10.1 Å². The van der Waals surface area contributed by atoms with Crippen LogP contribution in [0.5, 0.6) is 5.75 Å². The van der Waals surface area contributed by atoms with Crippen molar-refractivity contribution in [2.75, 3.05) is 5.32 Å². The van der Waals surface area contributed by atoms with Gasteiger partial charge in [0.2, 0.25) is 0 Å². The van der Waals surface area contributed by atoms with Crippen LogP contribution in [0.25, 0.3) is 0 Å². The van der Waals surface area contributed by atoms with Gasteiger partial charge in [-0.1, -0.05) is 47.5 Å². The first-order chi connectivity index (χ1) is 9.96. The summed E-state index contributed by atoms with van der Waals surface area (Å²) in [6, 6.07) is 11.7. The molecule has 1 N–H and O–H groups in total. The van der Waals surface area contributed by atoms with Gasteiger partial charge in [-0.25, -0.2) is 0 Å². The molecular weight excluding hydrogens is 305 g/mol. The van der Waals surface area contributed by atoms with Crippen LogP contribution in [0, 0.1) is 0 Å². The molecule has 0 fully saturated rings. The Balaban J connectivity index is 1.83. The zero-order valence-electron chi connectivity index (χ0n) is 12.0. The Labute approximate surface area is 135 Å². The smallest absolute Gasteiger partial charge is 0.128 e. The van der Waals surface area contributed by atoms with Crippen LogP contribution >= 0.6 is 23.2 Å². The molecule has 2 aromatic rings. The monoisotopic (exact) mass is 321 g/mol. The summed E-state index contributed by atoms with van der Waals surface area (Å²) in [5, 5.41) is 4.55. The normalized spacial score (nSPS) is 15.4. The van der Waals surface area contributed by atoms with Crippen LogP contribution in [0.4, 0.5) is 5.69 Å². The Morgan fingerprint density at radius 1 is 1.10 bits per heavy atom. The van der Waals surface area contributed by atoms with Gasteiger partial charge in [0.1, 0.15) is 11.4 Å². The van der Waals surface area contributed by atoms with Crippen molar-refractivity contribution in [3.8, 4) is 5.75 Å². The summed E-state index contributed by atoms with van der Waals surface area (Å²) in [5.74, 6) is 0.984. The summed E-state index contributed by atoms with van der Waals surface area (Å²) in [7, 11) is 0. The molecule has 1 aliphatic heterocycles. The summed E-state index contributed by atoms with van der Waals surface area (Å²) in [6.45, 7) is 4.84. The Bertz CT molecular complexity index is 662. The molecule has 0 unspecified atom stereocenters. The predicted octanol–water partition coefficient (Wildman–Crippen LogP) is 5.32. The maximum atomic E-state index is 6.18. The number of benzene rings is 2. The highest BCUT2D eigenvalue weighted by atomic mass is 35.5. The molecule has 0 saturated heterocycles. The number of anilines is 1. The SMILES string of the molecule is CC1(C)Cc2cccc(CNc3c(Cl)cccc3Cl)c2O1. The molecule has 0 aromatic heterocycles. The molecule has 0 saturated carbocycles. The second-order valence-corrected chi connectivity index (χ2v) is 6.71. The van der Waals surface area contributed by atoms with E-state index < -0.39 is 0 Å². The van der Waals surface area contributed by atoms with Crippen molar-refractivity contribution in [2.24, 2.45) is 0 Å². The number of rotatable bonds is 3. The lowest BCUT2D eigenvalue weighted by Crippen LogP contribution is -2.25. The molecule has 21 heavy (non-hydrogen) atoms. The topological polar surface area (TPSA) is 21.3 Å². The van der Waals surface area contributed by atoms with Crippen molar-refractivity contribution in [3.05, 3.63) is 57.6 Å². The second kappa shape index (κ2) is 5.43. The molecule has 0 radical (unpaired) electrons. The molecule has 0 aliphatic carbocycles. The van der Waals surface area contributed by atoms with Crippen molar-refractivity contribution >= 4 is 28.9 Å². The third-order valence-electron chi connectivity index (χ3n) is 3.59. The number of para-hydroxylation sites is 2. The fourth-order valence-corrected chi connectivity index (χ4v) is 3.20. The largest absolute Gasteiger partial charge is 0.487 e. The minimum Gasteiger partial charge on any atom is -0.487 e. The van der Waals surface area contributed by atoms with Crippen LogP contribution in [-0.2, 0) is 13.0 Å². The Morgan fingerprint density at radius 3 is 2.48 bits per heavy atom. The van der Waals surface area contributed by atoms with Gasteiger partial charge in [-0.3, -0.25) is 0 Å². The molecule has 110 valence electrons. The van der Waals surface area contributed by atoms with Crippen molar-refractivity contribution in [1.29, 1.82) is 0 Å². The lowest BCUT2D eigenvalue weighted by atomic mass is 10.0. The predicted molar refractivity (Wildman–Crippen MR) is 88.6 cm³/mol. The molecule has 0 atom stereocenters. The molecule has 0 amide bonds. The van der Waals surface area contributed by atoms with Gasteiger partial charge in [-0.2, -0.15) is 0 Å². The second-order valence-electron chi connectivity index (χ2n) is 5.89. The van der Waals surface area contributed by atoms with E-state index in [4.69, 9.17) is 27.9 Å². The van der Waals surface area contributed by atoms with Crippen molar-refractivity contribution in [2.45, 2.75) is 32.4 Å². The Hall–Kier alpha value is -1.38. The lowest BCUT2D eigenvalue weighted by Gasteiger charge is -2.18. The number of hydrogen-bond acceptors (Lipinski definition) is 2. The van der Waals surface area contributed by atoms with Crippen LogP contribution in [0.15, 0.2) is 36.4 Å². The van der Waals surface area contributed by atoms with Gasteiger partial charge in [-0.15, -0.1) is 0 Å². The van der Waals surface area contributed by atoms with Crippen LogP contribution in [0.1, 0.15) is 25.0 Å². The molecular formula is C17H17Cl2NO. The number of nitrogens with one attached hydrogen (secondary N) is 1. The van der Waals surface area contributed by atoms with Crippen molar-refractivity contribution in [3.63, 3.8) is 0 Å².